The quantitative estimate of drug-likeness (QED) is 0.865. The molecule has 28 heavy (non-hydrogen) atoms. The average Bonchev–Trinajstić information content (AvgIpc) is 3.00. The Labute approximate surface area is 167 Å². The fourth-order valence-corrected chi connectivity index (χ4v) is 4.74. The van der Waals surface area contributed by atoms with Crippen LogP contribution in [0.1, 0.15) is 24.0 Å². The molecule has 7 heteroatoms. The van der Waals surface area contributed by atoms with Crippen LogP contribution >= 0.6 is 11.6 Å². The Hall–Kier alpha value is -3.17. The van der Waals surface area contributed by atoms with Gasteiger partial charge in [0, 0.05) is 29.0 Å². The lowest BCUT2D eigenvalue weighted by Gasteiger charge is -2.36. The van der Waals surface area contributed by atoms with E-state index >= 15 is 0 Å². The van der Waals surface area contributed by atoms with Crippen LogP contribution in [0.5, 0.6) is 0 Å². The standard InChI is InChI=1S/C21H17ClN4O2/c1-12(27)19-18(13-6-8-25-9-7-13)21(11-23,20(24)28)17-5-2-14-10-15(22)3-4-16(14)26(17)19/h2-10,17-19H,1H3,(H2,24,28). The molecule has 2 aliphatic heterocycles. The molecular formula is C21H17ClN4O2. The Morgan fingerprint density at radius 2 is 2.00 bits per heavy atom. The number of anilines is 1. The predicted octanol–water partition coefficient (Wildman–Crippen LogP) is 2.69. The average molecular weight is 393 g/mol. The van der Waals surface area contributed by atoms with E-state index in [9.17, 15) is 14.9 Å². The van der Waals surface area contributed by atoms with Gasteiger partial charge in [0.05, 0.1) is 18.2 Å². The van der Waals surface area contributed by atoms with E-state index in [1.165, 1.54) is 6.92 Å². The van der Waals surface area contributed by atoms with Gasteiger partial charge in [-0.15, -0.1) is 0 Å². The molecule has 3 heterocycles. The van der Waals surface area contributed by atoms with Crippen LogP contribution in [0.15, 0.2) is 48.8 Å². The Bertz CT molecular complexity index is 1050. The first-order valence-corrected chi connectivity index (χ1v) is 9.17. The van der Waals surface area contributed by atoms with Crippen molar-refractivity contribution in [3.8, 4) is 6.07 Å². The molecule has 2 aliphatic rings. The molecular weight excluding hydrogens is 376 g/mol. The number of nitrogens with zero attached hydrogens (tertiary/aromatic N) is 3. The van der Waals surface area contributed by atoms with Gasteiger partial charge >= 0.3 is 0 Å². The summed E-state index contributed by atoms with van der Waals surface area (Å²) in [5, 5.41) is 10.8. The first kappa shape index (κ1) is 18.2. The van der Waals surface area contributed by atoms with E-state index in [1.54, 1.807) is 42.7 Å². The molecule has 1 amide bonds. The van der Waals surface area contributed by atoms with Gasteiger partial charge in [0.2, 0.25) is 5.91 Å². The van der Waals surface area contributed by atoms with E-state index in [2.05, 4.69) is 11.1 Å². The van der Waals surface area contributed by atoms with Crippen molar-refractivity contribution in [3.05, 3.63) is 65.0 Å². The highest BCUT2D eigenvalue weighted by atomic mass is 35.5. The molecule has 1 aromatic carbocycles. The van der Waals surface area contributed by atoms with Crippen LogP contribution in [0.4, 0.5) is 5.69 Å². The van der Waals surface area contributed by atoms with Crippen LogP contribution < -0.4 is 10.6 Å². The molecule has 4 rings (SSSR count). The summed E-state index contributed by atoms with van der Waals surface area (Å²) in [4.78, 5) is 31.4. The molecule has 140 valence electrons. The van der Waals surface area contributed by atoms with Gasteiger partial charge in [-0.3, -0.25) is 14.6 Å². The van der Waals surface area contributed by atoms with Crippen molar-refractivity contribution in [2.24, 2.45) is 11.1 Å². The molecule has 2 aromatic rings. The summed E-state index contributed by atoms with van der Waals surface area (Å²) in [7, 11) is 0. The molecule has 0 saturated carbocycles. The topological polar surface area (TPSA) is 100 Å². The number of ketones is 1. The van der Waals surface area contributed by atoms with E-state index in [0.29, 0.717) is 10.6 Å². The zero-order chi connectivity index (χ0) is 20.1. The SMILES string of the molecule is CC(=O)C1C(c2ccncc2)C(C#N)(C(N)=O)C2C=Cc3cc(Cl)ccc3N12. The number of primary amides is 1. The second kappa shape index (κ2) is 6.47. The maximum absolute atomic E-state index is 12.8. The van der Waals surface area contributed by atoms with Crippen LogP contribution in [0, 0.1) is 16.7 Å². The maximum Gasteiger partial charge on any atom is 0.241 e. The molecule has 6 nitrogen and oxygen atoms in total. The second-order valence-corrected chi connectivity index (χ2v) is 7.51. The lowest BCUT2D eigenvalue weighted by atomic mass is 9.68. The first-order chi connectivity index (χ1) is 13.4. The van der Waals surface area contributed by atoms with Crippen molar-refractivity contribution in [3.63, 3.8) is 0 Å². The monoisotopic (exact) mass is 392 g/mol. The number of hydrogen-bond acceptors (Lipinski definition) is 5. The maximum atomic E-state index is 12.8. The van der Waals surface area contributed by atoms with Gasteiger partial charge in [-0.2, -0.15) is 5.26 Å². The number of aromatic nitrogens is 1. The van der Waals surface area contributed by atoms with Crippen LogP contribution in [0.25, 0.3) is 6.08 Å². The fourth-order valence-electron chi connectivity index (χ4n) is 4.56. The highest BCUT2D eigenvalue weighted by Gasteiger charge is 2.65. The Morgan fingerprint density at radius 3 is 2.61 bits per heavy atom. The minimum Gasteiger partial charge on any atom is -0.368 e. The van der Waals surface area contributed by atoms with Crippen molar-refractivity contribution in [1.29, 1.82) is 5.26 Å². The number of benzene rings is 1. The first-order valence-electron chi connectivity index (χ1n) is 8.79. The van der Waals surface area contributed by atoms with Gasteiger partial charge in [-0.1, -0.05) is 23.8 Å². The fraction of sp³-hybridized carbons (Fsp3) is 0.238. The largest absolute Gasteiger partial charge is 0.368 e. The molecule has 2 N–H and O–H groups in total. The summed E-state index contributed by atoms with van der Waals surface area (Å²) in [6, 6.07) is 9.55. The van der Waals surface area contributed by atoms with Crippen molar-refractivity contribution >= 4 is 35.1 Å². The number of nitrogens with two attached hydrogens (primary N) is 1. The number of hydrogen-bond donors (Lipinski definition) is 1. The Morgan fingerprint density at radius 1 is 1.29 bits per heavy atom. The van der Waals surface area contributed by atoms with Gasteiger partial charge in [0.15, 0.2) is 11.2 Å². The number of carbonyl (C=O) groups excluding carboxylic acids is 2. The highest BCUT2D eigenvalue weighted by molar-refractivity contribution is 6.30. The number of pyridine rings is 1. The zero-order valence-corrected chi connectivity index (χ0v) is 15.8. The number of amides is 1. The van der Waals surface area contributed by atoms with E-state index in [0.717, 1.165) is 11.3 Å². The zero-order valence-electron chi connectivity index (χ0n) is 15.0. The molecule has 0 spiro atoms. The lowest BCUT2D eigenvalue weighted by molar-refractivity contribution is -0.125. The van der Waals surface area contributed by atoms with Gasteiger partial charge in [-0.25, -0.2) is 0 Å². The number of nitriles is 1. The third kappa shape index (κ3) is 2.36. The molecule has 0 bridgehead atoms. The summed E-state index contributed by atoms with van der Waals surface area (Å²) in [6.07, 6.45) is 6.75. The number of halogens is 1. The van der Waals surface area contributed by atoms with Crippen molar-refractivity contribution < 1.29 is 9.59 Å². The third-order valence-electron chi connectivity index (χ3n) is 5.67. The minimum atomic E-state index is -1.61. The van der Waals surface area contributed by atoms with E-state index in [-0.39, 0.29) is 5.78 Å². The molecule has 4 unspecified atom stereocenters. The second-order valence-electron chi connectivity index (χ2n) is 7.07. The van der Waals surface area contributed by atoms with E-state index in [4.69, 9.17) is 17.3 Å². The van der Waals surface area contributed by atoms with Gasteiger partial charge in [0.25, 0.3) is 0 Å². The summed E-state index contributed by atoms with van der Waals surface area (Å²) < 4.78 is 0. The van der Waals surface area contributed by atoms with Crippen molar-refractivity contribution in [2.45, 2.75) is 24.9 Å². The summed E-state index contributed by atoms with van der Waals surface area (Å²) >= 11 is 6.12. The Kier molecular flexibility index (Phi) is 4.20. The smallest absolute Gasteiger partial charge is 0.241 e. The molecule has 0 aliphatic carbocycles. The summed E-state index contributed by atoms with van der Waals surface area (Å²) in [5.41, 5.74) is 6.45. The Balaban J connectivity index is 2.03. The normalized spacial score (nSPS) is 27.6. The van der Waals surface area contributed by atoms with E-state index in [1.807, 2.05) is 17.0 Å². The molecule has 1 aromatic heterocycles. The molecule has 4 atom stereocenters. The summed E-state index contributed by atoms with van der Waals surface area (Å²) in [5.74, 6) is -1.63. The van der Waals surface area contributed by atoms with Crippen LogP contribution in [-0.4, -0.2) is 28.8 Å². The molecule has 0 radical (unpaired) electrons. The lowest BCUT2D eigenvalue weighted by Crippen LogP contribution is -2.48. The number of rotatable bonds is 3. The van der Waals surface area contributed by atoms with Crippen LogP contribution in [-0.2, 0) is 9.59 Å². The number of carbonyl (C=O) groups is 2. The molecule has 1 saturated heterocycles. The van der Waals surface area contributed by atoms with E-state index < -0.39 is 29.3 Å². The predicted molar refractivity (Wildman–Crippen MR) is 105 cm³/mol. The van der Waals surface area contributed by atoms with Gasteiger partial charge in [-0.05, 0) is 48.4 Å². The number of Topliss-reactive ketones (excluding diaryl/α,β-unsaturated/α-hetero) is 1. The highest BCUT2D eigenvalue weighted by Crippen LogP contribution is 2.55. The van der Waals surface area contributed by atoms with Crippen LogP contribution in [0.3, 0.4) is 0 Å². The summed E-state index contributed by atoms with van der Waals surface area (Å²) in [6.45, 7) is 1.47. The van der Waals surface area contributed by atoms with Crippen LogP contribution in [0.2, 0.25) is 5.02 Å². The van der Waals surface area contributed by atoms with Crippen molar-refractivity contribution in [2.75, 3.05) is 4.90 Å². The van der Waals surface area contributed by atoms with Gasteiger partial charge < -0.3 is 10.6 Å². The van der Waals surface area contributed by atoms with Crippen molar-refractivity contribution in [1.82, 2.24) is 4.98 Å². The van der Waals surface area contributed by atoms with Gasteiger partial charge in [0.1, 0.15) is 0 Å². The molecule has 1 fully saturated rings. The minimum absolute atomic E-state index is 0.151. The third-order valence-corrected chi connectivity index (χ3v) is 5.91. The number of fused-ring (bicyclic) bond motifs is 3.